The molecule has 9 heteroatoms. The van der Waals surface area contributed by atoms with Crippen molar-refractivity contribution in [2.24, 2.45) is 0 Å². The van der Waals surface area contributed by atoms with E-state index in [-0.39, 0.29) is 0 Å². The van der Waals surface area contributed by atoms with Gasteiger partial charge in [-0.2, -0.15) is 15.8 Å². The van der Waals surface area contributed by atoms with Crippen LogP contribution in [0.5, 0.6) is 0 Å². The van der Waals surface area contributed by atoms with Crippen LogP contribution in [0.3, 0.4) is 0 Å². The topological polar surface area (TPSA) is 132 Å². The average Bonchev–Trinajstić information content (AvgIpc) is 3.33. The van der Waals surface area contributed by atoms with Gasteiger partial charge in [0.2, 0.25) is 0 Å². The van der Waals surface area contributed by atoms with Gasteiger partial charge in [-0.25, -0.2) is 24.8 Å². The summed E-state index contributed by atoms with van der Waals surface area (Å²) in [6.45, 7) is 7.48. The summed E-state index contributed by atoms with van der Waals surface area (Å²) >= 11 is 0. The van der Waals surface area contributed by atoms with Crippen LogP contribution in [0.2, 0.25) is 0 Å². The molecule has 0 bridgehead atoms. The Morgan fingerprint density at radius 3 is 1.85 bits per heavy atom. The number of aromatic nitrogens is 5. The first kappa shape index (κ1) is 23.0. The number of hydrogen-bond acceptors (Lipinski definition) is 7. The zero-order valence-corrected chi connectivity index (χ0v) is 20.0. The van der Waals surface area contributed by atoms with Crippen molar-refractivity contribution in [1.29, 1.82) is 15.8 Å². The highest BCUT2D eigenvalue weighted by molar-refractivity contribution is 6.11. The molecule has 39 heavy (non-hydrogen) atoms. The van der Waals surface area contributed by atoms with E-state index in [0.29, 0.717) is 45.2 Å². The fourth-order valence-electron chi connectivity index (χ4n) is 4.52. The van der Waals surface area contributed by atoms with E-state index >= 15 is 0 Å². The number of hydrogen-bond donors (Lipinski definition) is 0. The zero-order chi connectivity index (χ0) is 26.9. The summed E-state index contributed by atoms with van der Waals surface area (Å²) in [5.74, 6) is 0.818. The largest absolute Gasteiger partial charge is 0.309 e. The predicted molar refractivity (Wildman–Crippen MR) is 143 cm³/mol. The van der Waals surface area contributed by atoms with E-state index in [0.717, 1.165) is 27.5 Å². The monoisotopic (exact) mass is 499 g/mol. The summed E-state index contributed by atoms with van der Waals surface area (Å²) in [6, 6.07) is 22.8. The Morgan fingerprint density at radius 2 is 1.23 bits per heavy atom. The van der Waals surface area contributed by atoms with Crippen molar-refractivity contribution < 1.29 is 0 Å². The maximum atomic E-state index is 9.53. The molecule has 0 fully saturated rings. The molecule has 0 aliphatic heterocycles. The summed E-state index contributed by atoms with van der Waals surface area (Å²) in [5.41, 5.74) is 5.46. The van der Waals surface area contributed by atoms with Gasteiger partial charge in [-0.05, 0) is 53.9 Å². The molecule has 9 nitrogen and oxygen atoms in total. The van der Waals surface area contributed by atoms with E-state index < -0.39 is 0 Å². The third kappa shape index (κ3) is 3.86. The van der Waals surface area contributed by atoms with Crippen molar-refractivity contribution in [1.82, 2.24) is 24.5 Å². The molecular formula is C30H13N9. The molecule has 0 aliphatic rings. The number of benzene rings is 3. The molecule has 3 aromatic carbocycles. The van der Waals surface area contributed by atoms with Gasteiger partial charge in [-0.1, -0.05) is 6.07 Å². The third-order valence-electron chi connectivity index (χ3n) is 6.31. The third-order valence-corrected chi connectivity index (χ3v) is 6.31. The molecule has 0 amide bonds. The van der Waals surface area contributed by atoms with E-state index in [1.807, 2.05) is 59.2 Å². The van der Waals surface area contributed by atoms with Gasteiger partial charge in [0.25, 0.3) is 0 Å². The van der Waals surface area contributed by atoms with Crippen LogP contribution in [-0.2, 0) is 0 Å². The molecular weight excluding hydrogens is 486 g/mol. The first-order valence-corrected chi connectivity index (χ1v) is 11.6. The quantitative estimate of drug-likeness (QED) is 0.278. The van der Waals surface area contributed by atoms with Crippen LogP contribution in [0, 0.1) is 40.6 Å². The van der Waals surface area contributed by atoms with E-state index in [1.54, 1.807) is 12.1 Å². The summed E-state index contributed by atoms with van der Waals surface area (Å²) in [5, 5.41) is 29.5. The Labute approximate surface area is 222 Å². The molecule has 6 aromatic rings. The van der Waals surface area contributed by atoms with Crippen LogP contribution in [0.15, 0.2) is 79.4 Å². The maximum Gasteiger partial charge on any atom is 0.188 e. The molecule has 0 atom stereocenters. The van der Waals surface area contributed by atoms with Gasteiger partial charge in [-0.15, -0.1) is 0 Å². The van der Waals surface area contributed by atoms with E-state index in [4.69, 9.17) is 11.8 Å². The van der Waals surface area contributed by atoms with Gasteiger partial charge in [0, 0.05) is 41.3 Å². The van der Waals surface area contributed by atoms with Gasteiger partial charge in [0.05, 0.1) is 46.1 Å². The van der Waals surface area contributed by atoms with Crippen molar-refractivity contribution in [3.63, 3.8) is 0 Å². The highest BCUT2D eigenvalue weighted by Crippen LogP contribution is 2.38. The number of rotatable bonds is 3. The van der Waals surface area contributed by atoms with Crippen molar-refractivity contribution >= 4 is 27.5 Å². The average molecular weight is 499 g/mol. The van der Waals surface area contributed by atoms with Crippen molar-refractivity contribution in [2.45, 2.75) is 0 Å². The molecule has 0 unspecified atom stereocenters. The SMILES string of the molecule is [C-]#[N+]c1ccc2c(c1)c1cc(C#N)ccc1n2-c1ccc(-c2ncc(C#N)cn2)cc1-c1ncc(C#N)cn1. The first-order valence-electron chi connectivity index (χ1n) is 11.6. The molecule has 0 aliphatic carbocycles. The number of nitriles is 3. The van der Waals surface area contributed by atoms with Gasteiger partial charge >= 0.3 is 0 Å². The van der Waals surface area contributed by atoms with Crippen molar-refractivity contribution in [2.75, 3.05) is 0 Å². The molecule has 6 rings (SSSR count). The zero-order valence-electron chi connectivity index (χ0n) is 20.0. The minimum atomic E-state index is 0.333. The molecule has 3 heterocycles. The minimum absolute atomic E-state index is 0.333. The Hall–Kier alpha value is -6.42. The summed E-state index contributed by atoms with van der Waals surface area (Å²) in [7, 11) is 0. The molecule has 0 saturated heterocycles. The molecule has 3 aromatic heterocycles. The highest BCUT2D eigenvalue weighted by Gasteiger charge is 2.19. The van der Waals surface area contributed by atoms with E-state index in [1.165, 1.54) is 24.8 Å². The molecule has 0 radical (unpaired) electrons. The Morgan fingerprint density at radius 1 is 0.641 bits per heavy atom. The van der Waals surface area contributed by atoms with Gasteiger partial charge in [0.15, 0.2) is 17.3 Å². The molecule has 178 valence electrons. The van der Waals surface area contributed by atoms with Crippen LogP contribution >= 0.6 is 0 Å². The van der Waals surface area contributed by atoms with Gasteiger partial charge < -0.3 is 4.57 Å². The van der Waals surface area contributed by atoms with Crippen LogP contribution in [0.25, 0.3) is 55.1 Å². The lowest BCUT2D eigenvalue weighted by molar-refractivity contribution is 1.12. The predicted octanol–water partition coefficient (Wildman–Crippen LogP) is 5.86. The van der Waals surface area contributed by atoms with Crippen LogP contribution in [-0.4, -0.2) is 24.5 Å². The van der Waals surface area contributed by atoms with Crippen molar-refractivity contribution in [3.8, 4) is 46.7 Å². The smallest absolute Gasteiger partial charge is 0.188 e. The number of fused-ring (bicyclic) bond motifs is 3. The van der Waals surface area contributed by atoms with Crippen LogP contribution in [0.1, 0.15) is 16.7 Å². The van der Waals surface area contributed by atoms with Crippen molar-refractivity contribution in [3.05, 3.63) is 107 Å². The lowest BCUT2D eigenvalue weighted by atomic mass is 10.1. The fourth-order valence-corrected chi connectivity index (χ4v) is 4.52. The number of nitrogens with zero attached hydrogens (tertiary/aromatic N) is 9. The lowest BCUT2D eigenvalue weighted by Gasteiger charge is -2.14. The second-order valence-electron chi connectivity index (χ2n) is 8.54. The summed E-state index contributed by atoms with van der Waals surface area (Å²) in [4.78, 5) is 21.2. The van der Waals surface area contributed by atoms with E-state index in [2.05, 4.69) is 30.9 Å². The minimum Gasteiger partial charge on any atom is -0.309 e. The first-order chi connectivity index (χ1) is 19.1. The maximum absolute atomic E-state index is 9.53. The van der Waals surface area contributed by atoms with Gasteiger partial charge in [-0.3, -0.25) is 0 Å². The summed E-state index contributed by atoms with van der Waals surface area (Å²) in [6.07, 6.45) is 5.85. The molecule has 0 spiro atoms. The van der Waals surface area contributed by atoms with E-state index in [9.17, 15) is 10.5 Å². The standard InChI is InChI=1S/C30H13N9/c1-34-22-4-7-27-24(10-22)23-8-18(11-31)2-5-26(23)39(27)28-6-3-21(29-35-14-19(12-32)15-36-29)9-25(28)30-37-16-20(13-33)17-38-30/h2-10,14-17H. The van der Waals surface area contributed by atoms with Crippen LogP contribution < -0.4 is 0 Å². The Bertz CT molecular complexity index is 2020. The molecule has 0 N–H and O–H groups in total. The Kier molecular flexibility index (Phi) is 5.44. The van der Waals surface area contributed by atoms with Gasteiger partial charge in [0.1, 0.15) is 12.1 Å². The lowest BCUT2D eigenvalue weighted by Crippen LogP contribution is -2.01. The van der Waals surface area contributed by atoms with Crippen LogP contribution in [0.4, 0.5) is 5.69 Å². The fraction of sp³-hybridized carbons (Fsp3) is 0. The second-order valence-corrected chi connectivity index (χ2v) is 8.54. The Balaban J connectivity index is 1.67. The second kappa shape index (κ2) is 9.22. The normalized spacial score (nSPS) is 10.5. The highest BCUT2D eigenvalue weighted by atomic mass is 15.0. The molecule has 0 saturated carbocycles. The summed E-state index contributed by atoms with van der Waals surface area (Å²) < 4.78 is 2.04.